The molecule has 0 radical (unpaired) electrons. The Hall–Kier alpha value is -0.803. The maximum Gasteiger partial charge on any atom is 1.00 e. The largest absolute Gasteiger partial charge is 1.00 e. The van der Waals surface area contributed by atoms with Crippen molar-refractivity contribution < 1.29 is 36.6 Å². The summed E-state index contributed by atoms with van der Waals surface area (Å²) in [7, 11) is -4.66. The predicted molar refractivity (Wildman–Crippen MR) is 74.3 cm³/mol. The molecule has 0 amide bonds. The van der Waals surface area contributed by atoms with Crippen molar-refractivity contribution in [2.45, 2.75) is 4.90 Å². The second kappa shape index (κ2) is 6.97. The molecule has 8 heteroatoms. The molecule has 104 valence electrons. The van der Waals surface area contributed by atoms with Crippen LogP contribution < -0.4 is 18.9 Å². The first kappa shape index (κ1) is 18.2. The molecule has 2 aromatic rings. The number of carbonyl (C=O) groups is 1. The first-order chi connectivity index (χ1) is 9.29. The molecule has 4 nitrogen and oxygen atoms in total. The van der Waals surface area contributed by atoms with Gasteiger partial charge in [0.05, 0.1) is 9.92 Å². The fraction of sp³-hybridized carbons (Fsp3) is 0. The molecule has 0 N–H and O–H groups in total. The summed E-state index contributed by atoms with van der Waals surface area (Å²) in [5.41, 5.74) is 0.510. The quantitative estimate of drug-likeness (QED) is 0.453. The molecule has 0 saturated heterocycles. The van der Waals surface area contributed by atoms with Gasteiger partial charge in [-0.05, 0) is 30.3 Å². The Morgan fingerprint density at radius 1 is 1.00 bits per heavy atom. The van der Waals surface area contributed by atoms with Crippen LogP contribution in [0.25, 0.3) is 0 Å². The number of hydrogen-bond acceptors (Lipinski definition) is 4. The van der Waals surface area contributed by atoms with Crippen molar-refractivity contribution in [2.24, 2.45) is 0 Å². The van der Waals surface area contributed by atoms with Gasteiger partial charge in [-0.2, -0.15) is 0 Å². The van der Waals surface area contributed by atoms with Gasteiger partial charge in [0.1, 0.15) is 10.1 Å². The first-order valence-corrected chi connectivity index (χ1v) is 7.51. The van der Waals surface area contributed by atoms with Crippen molar-refractivity contribution in [3.05, 3.63) is 63.6 Å². The molecule has 0 spiro atoms. The van der Waals surface area contributed by atoms with Crippen LogP contribution in [0.5, 0.6) is 0 Å². The summed E-state index contributed by atoms with van der Waals surface area (Å²) in [5, 5.41) is 0.119. The standard InChI is InChI=1S/C13H8Cl2O4S.Li/c14-10-3-1-2-8(6-10)13(16)9-4-5-12(11(15)7-9)20(17,18)19;/h1-7H,(H,17,18,19);/q;+1/p-1. The monoisotopic (exact) mass is 336 g/mol. The van der Waals surface area contributed by atoms with Gasteiger partial charge in [0.25, 0.3) is 0 Å². The molecule has 0 fully saturated rings. The third-order valence-electron chi connectivity index (χ3n) is 2.55. The molecule has 0 saturated carbocycles. The van der Waals surface area contributed by atoms with E-state index in [-0.39, 0.29) is 35.2 Å². The number of hydrogen-bond donors (Lipinski definition) is 0. The zero-order chi connectivity index (χ0) is 14.9. The summed E-state index contributed by atoms with van der Waals surface area (Å²) in [6.07, 6.45) is 0. The van der Waals surface area contributed by atoms with Crippen molar-refractivity contribution in [2.75, 3.05) is 0 Å². The summed E-state index contributed by atoms with van der Waals surface area (Å²) in [5.74, 6) is -0.371. The van der Waals surface area contributed by atoms with Crippen LogP contribution in [0.2, 0.25) is 10.0 Å². The maximum atomic E-state index is 12.2. The number of benzene rings is 2. The van der Waals surface area contributed by atoms with Gasteiger partial charge in [-0.1, -0.05) is 35.3 Å². The molecule has 21 heavy (non-hydrogen) atoms. The summed E-state index contributed by atoms with van der Waals surface area (Å²) >= 11 is 11.5. The van der Waals surface area contributed by atoms with E-state index < -0.39 is 15.0 Å². The van der Waals surface area contributed by atoms with Crippen molar-refractivity contribution in [3.63, 3.8) is 0 Å². The minimum atomic E-state index is -4.66. The van der Waals surface area contributed by atoms with Gasteiger partial charge >= 0.3 is 18.9 Å². The zero-order valence-corrected chi connectivity index (χ0v) is 13.2. The Labute approximate surface area is 144 Å². The summed E-state index contributed by atoms with van der Waals surface area (Å²) in [4.78, 5) is 11.6. The molecule has 0 aliphatic carbocycles. The van der Waals surface area contributed by atoms with Crippen molar-refractivity contribution >= 4 is 39.1 Å². The average Bonchev–Trinajstić information content (AvgIpc) is 2.36. The maximum absolute atomic E-state index is 12.2. The molecular formula is C13H7Cl2LiO4S. The molecule has 0 aromatic heterocycles. The van der Waals surface area contributed by atoms with E-state index in [0.717, 1.165) is 12.1 Å². The Morgan fingerprint density at radius 3 is 2.14 bits per heavy atom. The van der Waals surface area contributed by atoms with Gasteiger partial charge in [0.2, 0.25) is 0 Å². The summed E-state index contributed by atoms with van der Waals surface area (Å²) < 4.78 is 32.7. The zero-order valence-electron chi connectivity index (χ0n) is 10.8. The Balaban J connectivity index is 0.00000220. The van der Waals surface area contributed by atoms with Crippen molar-refractivity contribution in [3.8, 4) is 0 Å². The molecule has 0 heterocycles. The summed E-state index contributed by atoms with van der Waals surface area (Å²) in [6.45, 7) is 0. The first-order valence-electron chi connectivity index (χ1n) is 5.35. The van der Waals surface area contributed by atoms with E-state index in [4.69, 9.17) is 23.2 Å². The van der Waals surface area contributed by atoms with E-state index in [9.17, 15) is 17.8 Å². The Kier molecular flexibility index (Phi) is 6.06. The number of rotatable bonds is 3. The minimum absolute atomic E-state index is 0. The van der Waals surface area contributed by atoms with Crippen LogP contribution in [-0.4, -0.2) is 18.8 Å². The smallest absolute Gasteiger partial charge is 0.744 e. The number of halogens is 2. The molecule has 0 unspecified atom stereocenters. The minimum Gasteiger partial charge on any atom is -0.744 e. The van der Waals surface area contributed by atoms with Gasteiger partial charge in [-0.25, -0.2) is 8.42 Å². The SMILES string of the molecule is O=C(c1cccc(Cl)c1)c1ccc(S(=O)(=O)[O-])c(Cl)c1.[Li+]. The van der Waals surface area contributed by atoms with E-state index in [1.165, 1.54) is 12.1 Å². The molecular weight excluding hydrogens is 330 g/mol. The van der Waals surface area contributed by atoms with Crippen LogP contribution in [-0.2, 0) is 10.1 Å². The number of ketones is 1. The van der Waals surface area contributed by atoms with E-state index in [2.05, 4.69) is 0 Å². The molecule has 0 aliphatic rings. The van der Waals surface area contributed by atoms with E-state index in [1.54, 1.807) is 18.2 Å². The Morgan fingerprint density at radius 2 is 1.62 bits per heavy atom. The van der Waals surface area contributed by atoms with Gasteiger partial charge < -0.3 is 4.55 Å². The van der Waals surface area contributed by atoms with Gasteiger partial charge in [0.15, 0.2) is 5.78 Å². The Bertz CT molecular complexity index is 791. The van der Waals surface area contributed by atoms with Gasteiger partial charge in [-0.3, -0.25) is 4.79 Å². The van der Waals surface area contributed by atoms with E-state index >= 15 is 0 Å². The second-order valence-corrected chi connectivity index (χ2v) is 6.13. The van der Waals surface area contributed by atoms with Gasteiger partial charge in [-0.15, -0.1) is 0 Å². The topological polar surface area (TPSA) is 74.3 Å². The fourth-order valence-electron chi connectivity index (χ4n) is 1.64. The van der Waals surface area contributed by atoms with Crippen LogP contribution in [0.4, 0.5) is 0 Å². The van der Waals surface area contributed by atoms with Crippen molar-refractivity contribution in [1.29, 1.82) is 0 Å². The molecule has 0 bridgehead atoms. The van der Waals surface area contributed by atoms with Crippen molar-refractivity contribution in [1.82, 2.24) is 0 Å². The normalized spacial score (nSPS) is 10.8. The van der Waals surface area contributed by atoms with Crippen LogP contribution in [0.15, 0.2) is 47.4 Å². The second-order valence-electron chi connectivity index (χ2n) is 3.94. The van der Waals surface area contributed by atoms with E-state index in [1.807, 2.05) is 0 Å². The number of carbonyl (C=O) groups excluding carboxylic acids is 1. The molecule has 0 aliphatic heterocycles. The fourth-order valence-corrected chi connectivity index (χ4v) is 2.83. The van der Waals surface area contributed by atoms with Crippen LogP contribution in [0.1, 0.15) is 15.9 Å². The molecule has 2 aromatic carbocycles. The summed E-state index contributed by atoms with van der Waals surface area (Å²) in [6, 6.07) is 9.69. The van der Waals surface area contributed by atoms with Gasteiger partial charge in [0, 0.05) is 16.1 Å². The molecule has 0 atom stereocenters. The molecule has 2 rings (SSSR count). The van der Waals surface area contributed by atoms with Crippen LogP contribution >= 0.6 is 23.2 Å². The van der Waals surface area contributed by atoms with Crippen LogP contribution in [0.3, 0.4) is 0 Å². The predicted octanol–water partition coefficient (Wildman–Crippen LogP) is 0.133. The third kappa shape index (κ3) is 4.33. The third-order valence-corrected chi connectivity index (χ3v) is 4.10. The van der Waals surface area contributed by atoms with E-state index in [0.29, 0.717) is 10.6 Å². The average molecular weight is 337 g/mol. The van der Waals surface area contributed by atoms with Crippen LogP contribution in [0, 0.1) is 0 Å².